The molecule has 2 aromatic rings. The van der Waals surface area contributed by atoms with Gasteiger partial charge in [0, 0.05) is 31.6 Å². The van der Waals surface area contributed by atoms with Gasteiger partial charge in [-0.2, -0.15) is 0 Å². The molecule has 1 aromatic carbocycles. The minimum absolute atomic E-state index is 0.151. The van der Waals surface area contributed by atoms with Gasteiger partial charge in [0.2, 0.25) is 0 Å². The van der Waals surface area contributed by atoms with Crippen LogP contribution in [0.4, 0.5) is 5.69 Å². The summed E-state index contributed by atoms with van der Waals surface area (Å²) in [5, 5.41) is 4.09. The van der Waals surface area contributed by atoms with Crippen molar-refractivity contribution in [2.75, 3.05) is 45.8 Å². The van der Waals surface area contributed by atoms with Gasteiger partial charge in [-0.15, -0.1) is 0 Å². The molecule has 0 bridgehead atoms. The zero-order valence-corrected chi connectivity index (χ0v) is 15.6. The van der Waals surface area contributed by atoms with Crippen LogP contribution in [-0.2, 0) is 20.8 Å². The van der Waals surface area contributed by atoms with Gasteiger partial charge in [0.05, 0.1) is 18.7 Å². The first-order valence-corrected chi connectivity index (χ1v) is 8.75. The average molecular weight is 347 g/mol. The molecule has 2 rings (SSSR count). The molecular formula is C19H29N3O3. The van der Waals surface area contributed by atoms with Gasteiger partial charge in [-0.25, -0.2) is 0 Å². The maximum atomic E-state index is 12.3. The standard InChI is InChI=1S/C19H29N3O3/c1-5-24-12-13-25-15(2)19(23)20-17-7-6-16-8-9-22(18(16)14-17)11-10-21(3)4/h6-9,14-15H,5,10-13H2,1-4H3,(H,20,23)/t15-/m1/s1. The Balaban J connectivity index is 1.98. The number of hydrogen-bond acceptors (Lipinski definition) is 4. The molecule has 138 valence electrons. The Morgan fingerprint density at radius 3 is 2.80 bits per heavy atom. The van der Waals surface area contributed by atoms with E-state index in [0.29, 0.717) is 19.8 Å². The fourth-order valence-corrected chi connectivity index (χ4v) is 2.51. The topological polar surface area (TPSA) is 55.7 Å². The highest BCUT2D eigenvalue weighted by atomic mass is 16.5. The van der Waals surface area contributed by atoms with Gasteiger partial charge < -0.3 is 24.3 Å². The first-order valence-electron chi connectivity index (χ1n) is 8.75. The number of carbonyl (C=O) groups is 1. The van der Waals surface area contributed by atoms with Gasteiger partial charge in [0.25, 0.3) is 5.91 Å². The van der Waals surface area contributed by atoms with E-state index in [-0.39, 0.29) is 5.91 Å². The van der Waals surface area contributed by atoms with Crippen LogP contribution in [0.3, 0.4) is 0 Å². The molecule has 0 aliphatic heterocycles. The summed E-state index contributed by atoms with van der Waals surface area (Å²) in [6.45, 7) is 7.11. The Bertz CT molecular complexity index is 682. The van der Waals surface area contributed by atoms with Crippen LogP contribution >= 0.6 is 0 Å². The Morgan fingerprint density at radius 2 is 2.08 bits per heavy atom. The number of hydrogen-bond donors (Lipinski definition) is 1. The number of nitrogens with one attached hydrogen (secondary N) is 1. The number of ether oxygens (including phenoxy) is 2. The molecule has 1 atom stereocenters. The van der Waals surface area contributed by atoms with Crippen LogP contribution in [-0.4, -0.2) is 61.9 Å². The number of aromatic nitrogens is 1. The van der Waals surface area contributed by atoms with Gasteiger partial charge in [-0.3, -0.25) is 4.79 Å². The average Bonchev–Trinajstić information content (AvgIpc) is 2.99. The van der Waals surface area contributed by atoms with Crippen molar-refractivity contribution >= 4 is 22.5 Å². The number of fused-ring (bicyclic) bond motifs is 1. The molecule has 0 unspecified atom stereocenters. The van der Waals surface area contributed by atoms with Crippen LogP contribution in [0.5, 0.6) is 0 Å². The Morgan fingerprint density at radius 1 is 1.28 bits per heavy atom. The third-order valence-electron chi connectivity index (χ3n) is 4.00. The van der Waals surface area contributed by atoms with E-state index < -0.39 is 6.10 Å². The van der Waals surface area contributed by atoms with Crippen LogP contribution in [0, 0.1) is 0 Å². The molecule has 0 aliphatic rings. The lowest BCUT2D eigenvalue weighted by Crippen LogP contribution is -2.28. The van der Waals surface area contributed by atoms with Crippen molar-refractivity contribution in [1.82, 2.24) is 9.47 Å². The monoisotopic (exact) mass is 347 g/mol. The van der Waals surface area contributed by atoms with E-state index in [9.17, 15) is 4.79 Å². The smallest absolute Gasteiger partial charge is 0.253 e. The number of nitrogens with zero attached hydrogens (tertiary/aromatic N) is 2. The summed E-state index contributed by atoms with van der Waals surface area (Å²) in [6, 6.07) is 8.05. The van der Waals surface area contributed by atoms with Crippen molar-refractivity contribution in [2.24, 2.45) is 0 Å². The van der Waals surface area contributed by atoms with Gasteiger partial charge in [-0.05, 0) is 51.5 Å². The zero-order chi connectivity index (χ0) is 18.2. The number of carbonyl (C=O) groups excluding carboxylic acids is 1. The maximum Gasteiger partial charge on any atom is 0.253 e. The lowest BCUT2D eigenvalue weighted by atomic mass is 10.2. The number of rotatable bonds is 10. The molecule has 1 N–H and O–H groups in total. The number of benzene rings is 1. The van der Waals surface area contributed by atoms with Crippen LogP contribution in [0.1, 0.15) is 13.8 Å². The summed E-state index contributed by atoms with van der Waals surface area (Å²) >= 11 is 0. The van der Waals surface area contributed by atoms with Crippen molar-refractivity contribution in [3.05, 3.63) is 30.5 Å². The summed E-state index contributed by atoms with van der Waals surface area (Å²) < 4.78 is 12.9. The zero-order valence-electron chi connectivity index (χ0n) is 15.6. The number of likely N-dealkylation sites (N-methyl/N-ethyl adjacent to an activating group) is 1. The van der Waals surface area contributed by atoms with E-state index in [1.54, 1.807) is 6.92 Å². The normalized spacial score (nSPS) is 12.7. The summed E-state index contributed by atoms with van der Waals surface area (Å²) in [7, 11) is 4.12. The molecule has 1 aromatic heterocycles. The molecule has 0 radical (unpaired) electrons. The van der Waals surface area contributed by atoms with Crippen LogP contribution in [0.25, 0.3) is 10.9 Å². The van der Waals surface area contributed by atoms with Crippen LogP contribution in [0.2, 0.25) is 0 Å². The summed E-state index contributed by atoms with van der Waals surface area (Å²) in [6.07, 6.45) is 1.57. The molecular weight excluding hydrogens is 318 g/mol. The summed E-state index contributed by atoms with van der Waals surface area (Å²) in [5.74, 6) is -0.151. The first-order chi connectivity index (χ1) is 12.0. The van der Waals surface area contributed by atoms with E-state index in [2.05, 4.69) is 41.1 Å². The lowest BCUT2D eigenvalue weighted by Gasteiger charge is -2.14. The Hall–Kier alpha value is -1.89. The molecule has 6 heteroatoms. The van der Waals surface area contributed by atoms with Crippen molar-refractivity contribution in [1.29, 1.82) is 0 Å². The van der Waals surface area contributed by atoms with E-state index in [0.717, 1.165) is 29.7 Å². The number of amides is 1. The first kappa shape index (κ1) is 19.4. The van der Waals surface area contributed by atoms with Crippen molar-refractivity contribution < 1.29 is 14.3 Å². The quantitative estimate of drug-likeness (QED) is 0.671. The third kappa shape index (κ3) is 5.85. The molecule has 0 aliphatic carbocycles. The Labute approximate surface area is 149 Å². The second-order valence-electron chi connectivity index (χ2n) is 6.29. The highest BCUT2D eigenvalue weighted by molar-refractivity contribution is 5.96. The predicted octanol–water partition coefficient (Wildman–Crippen LogP) is 2.58. The largest absolute Gasteiger partial charge is 0.379 e. The summed E-state index contributed by atoms with van der Waals surface area (Å²) in [5.41, 5.74) is 1.90. The molecule has 6 nitrogen and oxygen atoms in total. The van der Waals surface area contributed by atoms with Gasteiger partial charge >= 0.3 is 0 Å². The minimum Gasteiger partial charge on any atom is -0.379 e. The van der Waals surface area contributed by atoms with Gasteiger partial charge in [0.15, 0.2) is 0 Å². The fraction of sp³-hybridized carbons (Fsp3) is 0.526. The highest BCUT2D eigenvalue weighted by Gasteiger charge is 2.14. The second kappa shape index (κ2) is 9.56. The van der Waals surface area contributed by atoms with E-state index in [4.69, 9.17) is 9.47 Å². The maximum absolute atomic E-state index is 12.3. The third-order valence-corrected chi connectivity index (χ3v) is 4.00. The van der Waals surface area contributed by atoms with Crippen LogP contribution < -0.4 is 5.32 Å². The van der Waals surface area contributed by atoms with Gasteiger partial charge in [-0.1, -0.05) is 6.07 Å². The van der Waals surface area contributed by atoms with Gasteiger partial charge in [0.1, 0.15) is 6.10 Å². The predicted molar refractivity (Wildman–Crippen MR) is 101 cm³/mol. The second-order valence-corrected chi connectivity index (χ2v) is 6.29. The number of anilines is 1. The molecule has 0 saturated carbocycles. The van der Waals surface area contributed by atoms with Crippen molar-refractivity contribution in [3.63, 3.8) is 0 Å². The van der Waals surface area contributed by atoms with Crippen LogP contribution in [0.15, 0.2) is 30.5 Å². The molecule has 0 spiro atoms. The van der Waals surface area contributed by atoms with E-state index in [1.165, 1.54) is 0 Å². The minimum atomic E-state index is -0.517. The highest BCUT2D eigenvalue weighted by Crippen LogP contribution is 2.21. The van der Waals surface area contributed by atoms with Crippen molar-refractivity contribution in [3.8, 4) is 0 Å². The molecule has 0 saturated heterocycles. The summed E-state index contributed by atoms with van der Waals surface area (Å²) in [4.78, 5) is 14.4. The van der Waals surface area contributed by atoms with E-state index in [1.807, 2.05) is 25.1 Å². The SMILES string of the molecule is CCOCCO[C@H](C)C(=O)Nc1ccc2ccn(CCN(C)C)c2c1. The fourth-order valence-electron chi connectivity index (χ4n) is 2.51. The van der Waals surface area contributed by atoms with Crippen molar-refractivity contribution in [2.45, 2.75) is 26.5 Å². The molecule has 25 heavy (non-hydrogen) atoms. The molecule has 0 fully saturated rings. The molecule has 1 heterocycles. The van der Waals surface area contributed by atoms with E-state index >= 15 is 0 Å². The lowest BCUT2D eigenvalue weighted by molar-refractivity contribution is -0.127. The molecule has 1 amide bonds. The Kier molecular flexibility index (Phi) is 7.43.